The Morgan fingerprint density at radius 3 is 2.57 bits per heavy atom. The van der Waals surface area contributed by atoms with E-state index in [1.165, 1.54) is 6.07 Å². The van der Waals surface area contributed by atoms with Crippen molar-refractivity contribution >= 4 is 23.3 Å². The highest BCUT2D eigenvalue weighted by molar-refractivity contribution is 6.29. The van der Waals surface area contributed by atoms with Gasteiger partial charge in [-0.1, -0.05) is 11.6 Å². The zero-order chi connectivity index (χ0) is 10.8. The molecule has 0 spiro atoms. The third kappa shape index (κ3) is 2.93. The predicted octanol–water partition coefficient (Wildman–Crippen LogP) is 0.806. The van der Waals surface area contributed by atoms with Crippen molar-refractivity contribution in [1.82, 2.24) is 10.2 Å². The fraction of sp³-hybridized carbons (Fsp3) is 0.375. The normalized spacial score (nSPS) is 11.1. The lowest BCUT2D eigenvalue weighted by Crippen LogP contribution is -2.45. The van der Waals surface area contributed by atoms with E-state index in [0.29, 0.717) is 5.82 Å². The second-order valence-corrected chi connectivity index (χ2v) is 3.80. The fourth-order valence-electron chi connectivity index (χ4n) is 0.660. The van der Waals surface area contributed by atoms with Crippen LogP contribution in [0.25, 0.3) is 0 Å². The van der Waals surface area contributed by atoms with E-state index < -0.39 is 5.54 Å². The zero-order valence-corrected chi connectivity index (χ0v) is 8.67. The molecule has 1 aromatic rings. The van der Waals surface area contributed by atoms with Crippen molar-refractivity contribution in [2.24, 2.45) is 5.73 Å². The van der Waals surface area contributed by atoms with Gasteiger partial charge in [-0.25, -0.2) is 0 Å². The van der Waals surface area contributed by atoms with Crippen molar-refractivity contribution in [3.63, 3.8) is 0 Å². The van der Waals surface area contributed by atoms with E-state index in [2.05, 4.69) is 15.5 Å². The number of hydrogen-bond acceptors (Lipinski definition) is 4. The first-order chi connectivity index (χ1) is 6.39. The Kier molecular flexibility index (Phi) is 3.03. The van der Waals surface area contributed by atoms with Crippen LogP contribution in [0.1, 0.15) is 13.8 Å². The topological polar surface area (TPSA) is 80.9 Å². The quantitative estimate of drug-likeness (QED) is 0.763. The van der Waals surface area contributed by atoms with Crippen LogP contribution in [0.5, 0.6) is 0 Å². The number of nitrogens with zero attached hydrogens (tertiary/aromatic N) is 2. The second-order valence-electron chi connectivity index (χ2n) is 3.42. The number of hydrogen-bond donors (Lipinski definition) is 2. The average molecular weight is 215 g/mol. The molecule has 6 heteroatoms. The van der Waals surface area contributed by atoms with Crippen LogP contribution in [0, 0.1) is 0 Å². The molecule has 0 bridgehead atoms. The lowest BCUT2D eigenvalue weighted by Gasteiger charge is -2.16. The summed E-state index contributed by atoms with van der Waals surface area (Å²) in [4.78, 5) is 11.4. The van der Waals surface area contributed by atoms with Crippen LogP contribution < -0.4 is 11.1 Å². The molecule has 0 aromatic carbocycles. The standard InChI is InChI=1S/C8H11ClN4O/c1-8(2,10)7(14)11-6-4-3-5(9)12-13-6/h3-4H,10H2,1-2H3,(H,11,13,14). The van der Waals surface area contributed by atoms with Crippen LogP contribution in [0.3, 0.4) is 0 Å². The Morgan fingerprint density at radius 2 is 2.14 bits per heavy atom. The number of rotatable bonds is 2. The molecular formula is C8H11ClN4O. The van der Waals surface area contributed by atoms with Crippen LogP contribution in [-0.4, -0.2) is 21.6 Å². The summed E-state index contributed by atoms with van der Waals surface area (Å²) < 4.78 is 0. The van der Waals surface area contributed by atoms with Gasteiger partial charge in [0.05, 0.1) is 5.54 Å². The number of nitrogens with one attached hydrogen (secondary N) is 1. The summed E-state index contributed by atoms with van der Waals surface area (Å²) >= 11 is 5.53. The summed E-state index contributed by atoms with van der Waals surface area (Å²) in [6.07, 6.45) is 0. The smallest absolute Gasteiger partial charge is 0.245 e. The largest absolute Gasteiger partial charge is 0.318 e. The summed E-state index contributed by atoms with van der Waals surface area (Å²) in [5.41, 5.74) is 4.63. The highest BCUT2D eigenvalue weighted by Crippen LogP contribution is 2.08. The third-order valence-electron chi connectivity index (χ3n) is 1.46. The molecule has 0 atom stereocenters. The van der Waals surface area contributed by atoms with Crippen molar-refractivity contribution < 1.29 is 4.79 Å². The molecule has 0 radical (unpaired) electrons. The number of halogens is 1. The summed E-state index contributed by atoms with van der Waals surface area (Å²) in [5.74, 6) is 0.00653. The molecule has 0 unspecified atom stereocenters. The number of amides is 1. The molecule has 1 aromatic heterocycles. The van der Waals surface area contributed by atoms with E-state index in [4.69, 9.17) is 17.3 Å². The van der Waals surface area contributed by atoms with Crippen molar-refractivity contribution in [2.45, 2.75) is 19.4 Å². The minimum Gasteiger partial charge on any atom is -0.318 e. The minimum atomic E-state index is -0.943. The SMILES string of the molecule is CC(C)(N)C(=O)Nc1ccc(Cl)nn1. The van der Waals surface area contributed by atoms with E-state index >= 15 is 0 Å². The van der Waals surface area contributed by atoms with Crippen LogP contribution in [0.15, 0.2) is 12.1 Å². The van der Waals surface area contributed by atoms with Crippen molar-refractivity contribution in [3.05, 3.63) is 17.3 Å². The molecule has 1 amide bonds. The third-order valence-corrected chi connectivity index (χ3v) is 1.66. The predicted molar refractivity (Wildman–Crippen MR) is 53.9 cm³/mol. The molecule has 1 rings (SSSR count). The van der Waals surface area contributed by atoms with Gasteiger partial charge in [-0.3, -0.25) is 4.79 Å². The maximum atomic E-state index is 11.4. The highest BCUT2D eigenvalue weighted by Gasteiger charge is 2.22. The van der Waals surface area contributed by atoms with Crippen LogP contribution in [0.2, 0.25) is 5.15 Å². The Morgan fingerprint density at radius 1 is 1.50 bits per heavy atom. The van der Waals surface area contributed by atoms with Gasteiger partial charge in [-0.05, 0) is 26.0 Å². The molecule has 3 N–H and O–H groups in total. The van der Waals surface area contributed by atoms with Crippen LogP contribution in [0.4, 0.5) is 5.82 Å². The molecular weight excluding hydrogens is 204 g/mol. The van der Waals surface area contributed by atoms with E-state index in [9.17, 15) is 4.79 Å². The Labute approximate surface area is 86.7 Å². The van der Waals surface area contributed by atoms with Gasteiger partial charge in [0.2, 0.25) is 5.91 Å². The van der Waals surface area contributed by atoms with Gasteiger partial charge >= 0.3 is 0 Å². The first-order valence-corrected chi connectivity index (χ1v) is 4.37. The molecule has 0 aliphatic heterocycles. The molecule has 0 aliphatic carbocycles. The summed E-state index contributed by atoms with van der Waals surface area (Å²) in [5, 5.41) is 10.0. The summed E-state index contributed by atoms with van der Waals surface area (Å²) in [7, 11) is 0. The summed E-state index contributed by atoms with van der Waals surface area (Å²) in [6, 6.07) is 3.09. The van der Waals surface area contributed by atoms with E-state index in [-0.39, 0.29) is 11.1 Å². The molecule has 1 heterocycles. The zero-order valence-electron chi connectivity index (χ0n) is 7.91. The van der Waals surface area contributed by atoms with Gasteiger partial charge in [0, 0.05) is 0 Å². The Bertz CT molecular complexity index is 330. The van der Waals surface area contributed by atoms with Gasteiger partial charge in [0.1, 0.15) is 0 Å². The van der Waals surface area contributed by atoms with Gasteiger partial charge in [0.15, 0.2) is 11.0 Å². The molecule has 14 heavy (non-hydrogen) atoms. The molecule has 0 aliphatic rings. The highest BCUT2D eigenvalue weighted by atomic mass is 35.5. The van der Waals surface area contributed by atoms with Crippen LogP contribution >= 0.6 is 11.6 Å². The molecule has 0 fully saturated rings. The molecule has 0 saturated carbocycles. The lowest BCUT2D eigenvalue weighted by atomic mass is 10.1. The van der Waals surface area contributed by atoms with Crippen molar-refractivity contribution in [3.8, 4) is 0 Å². The van der Waals surface area contributed by atoms with E-state index in [1.807, 2.05) is 0 Å². The Balaban J connectivity index is 2.71. The number of carbonyl (C=O) groups excluding carboxylic acids is 1. The molecule has 5 nitrogen and oxygen atoms in total. The van der Waals surface area contributed by atoms with Crippen molar-refractivity contribution in [1.29, 1.82) is 0 Å². The maximum absolute atomic E-state index is 11.4. The Hall–Kier alpha value is -1.20. The summed E-state index contributed by atoms with van der Waals surface area (Å²) in [6.45, 7) is 3.21. The number of aromatic nitrogens is 2. The van der Waals surface area contributed by atoms with Gasteiger partial charge < -0.3 is 11.1 Å². The van der Waals surface area contributed by atoms with E-state index in [1.54, 1.807) is 19.9 Å². The lowest BCUT2D eigenvalue weighted by molar-refractivity contribution is -0.120. The fourth-order valence-corrected chi connectivity index (χ4v) is 0.761. The van der Waals surface area contributed by atoms with Gasteiger partial charge in [0.25, 0.3) is 0 Å². The average Bonchev–Trinajstić information content (AvgIpc) is 2.07. The van der Waals surface area contributed by atoms with E-state index in [0.717, 1.165) is 0 Å². The van der Waals surface area contributed by atoms with Gasteiger partial charge in [-0.2, -0.15) is 0 Å². The van der Waals surface area contributed by atoms with Gasteiger partial charge in [-0.15, -0.1) is 10.2 Å². The maximum Gasteiger partial charge on any atom is 0.245 e. The first-order valence-electron chi connectivity index (χ1n) is 3.99. The van der Waals surface area contributed by atoms with Crippen LogP contribution in [-0.2, 0) is 4.79 Å². The number of anilines is 1. The number of carbonyl (C=O) groups is 1. The monoisotopic (exact) mass is 214 g/mol. The first kappa shape index (κ1) is 10.9. The molecule has 0 saturated heterocycles. The van der Waals surface area contributed by atoms with Crippen molar-refractivity contribution in [2.75, 3.05) is 5.32 Å². The molecule has 76 valence electrons. The number of nitrogens with two attached hydrogens (primary N) is 1. The minimum absolute atomic E-state index is 0.273. The second kappa shape index (κ2) is 3.89.